The van der Waals surface area contributed by atoms with E-state index in [2.05, 4.69) is 35.2 Å². The zero-order chi connectivity index (χ0) is 28.2. The highest BCUT2D eigenvalue weighted by Crippen LogP contribution is 2.31. The third-order valence-electron chi connectivity index (χ3n) is 7.59. The van der Waals surface area contributed by atoms with Gasteiger partial charge >= 0.3 is 5.97 Å². The second-order valence-corrected chi connectivity index (χ2v) is 10.7. The van der Waals surface area contributed by atoms with Crippen molar-refractivity contribution in [2.75, 3.05) is 32.1 Å². The minimum atomic E-state index is -0.431. The number of rotatable bonds is 7. The van der Waals surface area contributed by atoms with E-state index in [0.717, 1.165) is 64.8 Å². The molecule has 0 saturated carbocycles. The molecule has 1 saturated heterocycles. The zero-order valence-corrected chi connectivity index (χ0v) is 23.8. The molecule has 40 heavy (non-hydrogen) atoms. The topological polar surface area (TPSA) is 67.7 Å². The first-order chi connectivity index (χ1) is 19.3. The SMILES string of the molecule is COC(=O)/C=C/c1cccc(N(Cc2ccc(-c3ccc4c(cnn4C)c3)cc2Cl)C(=O)C2CCN(C)CC2)c1. The highest BCUT2D eigenvalue weighted by Gasteiger charge is 2.29. The van der Waals surface area contributed by atoms with Gasteiger partial charge < -0.3 is 14.5 Å². The van der Waals surface area contributed by atoms with Gasteiger partial charge in [-0.1, -0.05) is 41.9 Å². The smallest absolute Gasteiger partial charge is 0.330 e. The number of esters is 1. The zero-order valence-electron chi connectivity index (χ0n) is 23.0. The summed E-state index contributed by atoms with van der Waals surface area (Å²) in [4.78, 5) is 29.6. The summed E-state index contributed by atoms with van der Waals surface area (Å²) >= 11 is 6.85. The van der Waals surface area contributed by atoms with E-state index in [1.807, 2.05) is 65.3 Å². The first-order valence-electron chi connectivity index (χ1n) is 13.4. The first kappa shape index (κ1) is 27.6. The Morgan fingerprint density at radius 1 is 1.05 bits per heavy atom. The van der Waals surface area contributed by atoms with Gasteiger partial charge in [-0.05, 0) is 91.6 Å². The van der Waals surface area contributed by atoms with Crippen LogP contribution in [-0.2, 0) is 27.9 Å². The van der Waals surface area contributed by atoms with Gasteiger partial charge in [0, 0.05) is 35.1 Å². The molecule has 206 valence electrons. The third-order valence-corrected chi connectivity index (χ3v) is 7.94. The maximum Gasteiger partial charge on any atom is 0.330 e. The molecular weight excluding hydrogens is 524 g/mol. The molecular formula is C32H33ClN4O3. The van der Waals surface area contributed by atoms with Gasteiger partial charge in [-0.3, -0.25) is 9.48 Å². The summed E-state index contributed by atoms with van der Waals surface area (Å²) in [6, 6.07) is 19.9. The lowest BCUT2D eigenvalue weighted by Gasteiger charge is -2.33. The molecule has 0 bridgehead atoms. The van der Waals surface area contributed by atoms with E-state index in [1.54, 1.807) is 6.08 Å². The van der Waals surface area contributed by atoms with Crippen LogP contribution in [-0.4, -0.2) is 53.8 Å². The molecule has 1 aliphatic rings. The first-order valence-corrected chi connectivity index (χ1v) is 13.8. The van der Waals surface area contributed by atoms with Crippen LogP contribution in [0.3, 0.4) is 0 Å². The van der Waals surface area contributed by atoms with Crippen molar-refractivity contribution in [2.24, 2.45) is 13.0 Å². The molecule has 2 heterocycles. The Morgan fingerprint density at radius 3 is 2.55 bits per heavy atom. The number of amides is 1. The lowest BCUT2D eigenvalue weighted by Crippen LogP contribution is -2.41. The minimum absolute atomic E-state index is 0.0604. The molecule has 1 aromatic heterocycles. The van der Waals surface area contributed by atoms with Gasteiger partial charge in [-0.15, -0.1) is 0 Å². The molecule has 3 aromatic carbocycles. The van der Waals surface area contributed by atoms with E-state index in [4.69, 9.17) is 16.3 Å². The molecule has 0 aliphatic carbocycles. The summed E-state index contributed by atoms with van der Waals surface area (Å²) < 4.78 is 6.57. The van der Waals surface area contributed by atoms with E-state index in [9.17, 15) is 9.59 Å². The van der Waals surface area contributed by atoms with Crippen LogP contribution in [0.4, 0.5) is 5.69 Å². The number of aryl methyl sites for hydroxylation is 1. The maximum atomic E-state index is 13.9. The number of anilines is 1. The number of piperidine rings is 1. The molecule has 7 nitrogen and oxygen atoms in total. The third kappa shape index (κ3) is 6.11. The summed E-state index contributed by atoms with van der Waals surface area (Å²) in [5.74, 6) is -0.404. The minimum Gasteiger partial charge on any atom is -0.466 e. The monoisotopic (exact) mass is 556 g/mol. The van der Waals surface area contributed by atoms with Crippen LogP contribution >= 0.6 is 11.6 Å². The number of benzene rings is 3. The number of aromatic nitrogens is 2. The lowest BCUT2D eigenvalue weighted by molar-refractivity contribution is -0.134. The van der Waals surface area contributed by atoms with Crippen LogP contribution in [0, 0.1) is 5.92 Å². The number of hydrogen-bond donors (Lipinski definition) is 0. The van der Waals surface area contributed by atoms with Crippen LogP contribution in [0.2, 0.25) is 5.02 Å². The highest BCUT2D eigenvalue weighted by molar-refractivity contribution is 6.31. The van der Waals surface area contributed by atoms with Gasteiger partial charge in [-0.25, -0.2) is 4.79 Å². The number of hydrogen-bond acceptors (Lipinski definition) is 5. The van der Waals surface area contributed by atoms with Crippen molar-refractivity contribution in [3.8, 4) is 11.1 Å². The van der Waals surface area contributed by atoms with Gasteiger partial charge in [0.15, 0.2) is 0 Å². The molecule has 1 fully saturated rings. The standard InChI is InChI=1S/C32H33ClN4O3/c1-35-15-13-23(14-16-35)32(39)37(28-6-4-5-22(17-28)7-12-31(38)40-3)21-26-9-8-25(19-29(26)33)24-10-11-30-27(18-24)20-34-36(30)2/h4-12,17-20,23H,13-16,21H2,1-3H3/b12-7+. The maximum absolute atomic E-state index is 13.9. The average molecular weight is 557 g/mol. The predicted octanol–water partition coefficient (Wildman–Crippen LogP) is 5.95. The summed E-state index contributed by atoms with van der Waals surface area (Å²) in [6.07, 6.45) is 6.55. The summed E-state index contributed by atoms with van der Waals surface area (Å²) in [6.45, 7) is 2.13. The molecule has 0 spiro atoms. The number of ether oxygens (including phenoxy) is 1. The Hall–Kier alpha value is -3.94. The summed E-state index contributed by atoms with van der Waals surface area (Å²) in [5.41, 5.74) is 5.55. The number of carbonyl (C=O) groups is 2. The molecule has 0 atom stereocenters. The number of likely N-dealkylation sites (tertiary alicyclic amines) is 1. The predicted molar refractivity (Wildman–Crippen MR) is 160 cm³/mol. The number of carbonyl (C=O) groups excluding carboxylic acids is 2. The molecule has 0 radical (unpaired) electrons. The Kier molecular flexibility index (Phi) is 8.33. The van der Waals surface area contributed by atoms with Crippen LogP contribution < -0.4 is 4.90 Å². The number of nitrogens with zero attached hydrogens (tertiary/aromatic N) is 4. The fourth-order valence-corrected chi connectivity index (χ4v) is 5.41. The van der Waals surface area contributed by atoms with Crippen LogP contribution in [0.15, 0.2) is 72.9 Å². The summed E-state index contributed by atoms with van der Waals surface area (Å²) in [5, 5.41) is 6.01. The number of methoxy groups -OCH3 is 1. The van der Waals surface area contributed by atoms with Crippen molar-refractivity contribution >= 4 is 46.1 Å². The molecule has 4 aromatic rings. The van der Waals surface area contributed by atoms with E-state index in [-0.39, 0.29) is 11.8 Å². The lowest BCUT2D eigenvalue weighted by atomic mass is 9.94. The Bertz CT molecular complexity index is 1570. The van der Waals surface area contributed by atoms with E-state index < -0.39 is 5.97 Å². The van der Waals surface area contributed by atoms with Gasteiger partial charge in [0.1, 0.15) is 0 Å². The van der Waals surface area contributed by atoms with Crippen LogP contribution in [0.5, 0.6) is 0 Å². The van der Waals surface area contributed by atoms with Crippen molar-refractivity contribution in [1.82, 2.24) is 14.7 Å². The normalized spacial score (nSPS) is 14.6. The van der Waals surface area contributed by atoms with Gasteiger partial charge in [-0.2, -0.15) is 5.10 Å². The Labute approximate surface area is 239 Å². The number of fused-ring (bicyclic) bond motifs is 1. The average Bonchev–Trinajstić information content (AvgIpc) is 3.35. The van der Waals surface area contributed by atoms with Crippen molar-refractivity contribution in [1.29, 1.82) is 0 Å². The highest BCUT2D eigenvalue weighted by atomic mass is 35.5. The molecule has 1 aliphatic heterocycles. The van der Waals surface area contributed by atoms with E-state index in [0.29, 0.717) is 11.6 Å². The largest absolute Gasteiger partial charge is 0.466 e. The molecule has 1 amide bonds. The fraction of sp³-hybridized carbons (Fsp3) is 0.281. The Morgan fingerprint density at radius 2 is 1.80 bits per heavy atom. The van der Waals surface area contributed by atoms with Crippen molar-refractivity contribution in [3.63, 3.8) is 0 Å². The quantitative estimate of drug-likeness (QED) is 0.208. The molecule has 8 heteroatoms. The van der Waals surface area contributed by atoms with Gasteiger partial charge in [0.25, 0.3) is 0 Å². The van der Waals surface area contributed by atoms with Crippen LogP contribution in [0.25, 0.3) is 28.1 Å². The van der Waals surface area contributed by atoms with Crippen LogP contribution in [0.1, 0.15) is 24.0 Å². The molecule has 5 rings (SSSR count). The fourth-order valence-electron chi connectivity index (χ4n) is 5.17. The van der Waals surface area contributed by atoms with Crippen molar-refractivity contribution in [2.45, 2.75) is 19.4 Å². The molecule has 0 unspecified atom stereocenters. The van der Waals surface area contributed by atoms with E-state index in [1.165, 1.54) is 13.2 Å². The Balaban J connectivity index is 1.45. The molecule has 0 N–H and O–H groups in total. The van der Waals surface area contributed by atoms with E-state index >= 15 is 0 Å². The second kappa shape index (κ2) is 12.1. The van der Waals surface area contributed by atoms with Crippen molar-refractivity contribution < 1.29 is 14.3 Å². The van der Waals surface area contributed by atoms with Gasteiger partial charge in [0.05, 0.1) is 25.4 Å². The van der Waals surface area contributed by atoms with Crippen molar-refractivity contribution in [3.05, 3.63) is 89.1 Å². The number of halogens is 1. The van der Waals surface area contributed by atoms with Gasteiger partial charge in [0.2, 0.25) is 5.91 Å². The second-order valence-electron chi connectivity index (χ2n) is 10.3. The summed E-state index contributed by atoms with van der Waals surface area (Å²) in [7, 11) is 5.36.